The van der Waals surface area contributed by atoms with Crippen LogP contribution >= 0.6 is 0 Å². The standard InChI is InChI=1S/C19H20F2N2O/c1-14-3-2-4-15(11-14)12-19(24)23-9-7-22(8-10-23)18-6-5-16(20)13-17(18)21/h2-6,11,13H,7-10,12H2,1H3. The van der Waals surface area contributed by atoms with Crippen LogP contribution in [0.3, 0.4) is 0 Å². The van der Waals surface area contributed by atoms with Gasteiger partial charge in [-0.15, -0.1) is 0 Å². The van der Waals surface area contributed by atoms with Crippen molar-refractivity contribution in [2.45, 2.75) is 13.3 Å². The van der Waals surface area contributed by atoms with Crippen molar-refractivity contribution in [1.82, 2.24) is 4.90 Å². The predicted octanol–water partition coefficient (Wildman–Crippen LogP) is 3.16. The number of carbonyl (C=O) groups is 1. The van der Waals surface area contributed by atoms with Crippen LogP contribution in [0, 0.1) is 18.6 Å². The Hall–Kier alpha value is -2.43. The number of aryl methyl sites for hydroxylation is 1. The van der Waals surface area contributed by atoms with Gasteiger partial charge in [-0.2, -0.15) is 0 Å². The van der Waals surface area contributed by atoms with Crippen LogP contribution in [0.2, 0.25) is 0 Å². The Labute approximate surface area is 140 Å². The van der Waals surface area contributed by atoms with Gasteiger partial charge in [-0.1, -0.05) is 29.8 Å². The predicted molar refractivity (Wildman–Crippen MR) is 90.0 cm³/mol. The summed E-state index contributed by atoms with van der Waals surface area (Å²) in [5, 5.41) is 0. The first-order chi connectivity index (χ1) is 11.5. The van der Waals surface area contributed by atoms with Crippen molar-refractivity contribution in [2.75, 3.05) is 31.1 Å². The molecule has 0 spiro atoms. The Morgan fingerprint density at radius 2 is 1.79 bits per heavy atom. The Kier molecular flexibility index (Phi) is 4.79. The lowest BCUT2D eigenvalue weighted by Gasteiger charge is -2.36. The third-order valence-corrected chi connectivity index (χ3v) is 4.32. The molecule has 126 valence electrons. The SMILES string of the molecule is Cc1cccc(CC(=O)N2CCN(c3ccc(F)cc3F)CC2)c1. The molecule has 1 fully saturated rings. The Balaban J connectivity index is 1.59. The number of halogens is 2. The van der Waals surface area contributed by atoms with Crippen molar-refractivity contribution >= 4 is 11.6 Å². The van der Waals surface area contributed by atoms with E-state index in [1.54, 1.807) is 4.90 Å². The number of rotatable bonds is 3. The summed E-state index contributed by atoms with van der Waals surface area (Å²) < 4.78 is 26.9. The molecule has 1 amide bonds. The number of hydrogen-bond donors (Lipinski definition) is 0. The molecule has 1 saturated heterocycles. The number of amides is 1. The summed E-state index contributed by atoms with van der Waals surface area (Å²) in [5.74, 6) is -1.06. The smallest absolute Gasteiger partial charge is 0.227 e. The summed E-state index contributed by atoms with van der Waals surface area (Å²) in [6.45, 7) is 4.18. The zero-order valence-electron chi connectivity index (χ0n) is 13.6. The van der Waals surface area contributed by atoms with Crippen molar-refractivity contribution in [2.24, 2.45) is 0 Å². The van der Waals surface area contributed by atoms with Gasteiger partial charge in [-0.25, -0.2) is 8.78 Å². The number of nitrogens with zero attached hydrogens (tertiary/aromatic N) is 2. The highest BCUT2D eigenvalue weighted by molar-refractivity contribution is 5.79. The average molecular weight is 330 g/mol. The second-order valence-electron chi connectivity index (χ2n) is 6.13. The first-order valence-corrected chi connectivity index (χ1v) is 8.06. The summed E-state index contributed by atoms with van der Waals surface area (Å²) in [6, 6.07) is 11.5. The normalized spacial score (nSPS) is 14.8. The van der Waals surface area contributed by atoms with Crippen LogP contribution < -0.4 is 4.90 Å². The molecule has 24 heavy (non-hydrogen) atoms. The third kappa shape index (κ3) is 3.72. The van der Waals surface area contributed by atoms with Crippen LogP contribution in [0.5, 0.6) is 0 Å². The molecule has 0 bridgehead atoms. The molecular formula is C19H20F2N2O. The lowest BCUT2D eigenvalue weighted by molar-refractivity contribution is -0.130. The van der Waals surface area contributed by atoms with E-state index in [0.717, 1.165) is 17.2 Å². The highest BCUT2D eigenvalue weighted by Gasteiger charge is 2.23. The molecule has 3 nitrogen and oxygen atoms in total. The van der Waals surface area contributed by atoms with E-state index in [1.165, 1.54) is 12.1 Å². The van der Waals surface area contributed by atoms with Crippen molar-refractivity contribution in [3.05, 3.63) is 65.2 Å². The maximum atomic E-state index is 13.9. The number of hydrogen-bond acceptors (Lipinski definition) is 2. The van der Waals surface area contributed by atoms with E-state index in [-0.39, 0.29) is 5.91 Å². The van der Waals surface area contributed by atoms with E-state index in [2.05, 4.69) is 0 Å². The molecule has 0 radical (unpaired) electrons. The minimum atomic E-state index is -0.580. The van der Waals surface area contributed by atoms with Crippen LogP contribution in [0.25, 0.3) is 0 Å². The highest BCUT2D eigenvalue weighted by Crippen LogP contribution is 2.21. The van der Waals surface area contributed by atoms with Gasteiger partial charge in [0.15, 0.2) is 0 Å². The van der Waals surface area contributed by atoms with Crippen molar-refractivity contribution in [3.8, 4) is 0 Å². The fourth-order valence-electron chi connectivity index (χ4n) is 3.04. The zero-order valence-corrected chi connectivity index (χ0v) is 13.6. The maximum absolute atomic E-state index is 13.9. The number of benzene rings is 2. The molecule has 1 aliphatic rings. The summed E-state index contributed by atoms with van der Waals surface area (Å²) in [7, 11) is 0. The second kappa shape index (κ2) is 6.99. The van der Waals surface area contributed by atoms with E-state index in [1.807, 2.05) is 36.1 Å². The molecule has 0 N–H and O–H groups in total. The van der Waals surface area contributed by atoms with E-state index in [0.29, 0.717) is 38.3 Å². The Morgan fingerprint density at radius 3 is 2.46 bits per heavy atom. The summed E-state index contributed by atoms with van der Waals surface area (Å²) >= 11 is 0. The lowest BCUT2D eigenvalue weighted by Crippen LogP contribution is -2.49. The summed E-state index contributed by atoms with van der Waals surface area (Å²) in [4.78, 5) is 16.1. The molecule has 2 aromatic carbocycles. The number of carbonyl (C=O) groups excluding carboxylic acids is 1. The highest BCUT2D eigenvalue weighted by atomic mass is 19.1. The molecule has 3 rings (SSSR count). The second-order valence-corrected chi connectivity index (χ2v) is 6.13. The molecule has 0 saturated carbocycles. The van der Waals surface area contributed by atoms with Crippen LogP contribution in [-0.4, -0.2) is 37.0 Å². The van der Waals surface area contributed by atoms with Gasteiger partial charge in [-0.05, 0) is 24.6 Å². The third-order valence-electron chi connectivity index (χ3n) is 4.32. The van der Waals surface area contributed by atoms with Crippen molar-refractivity contribution in [3.63, 3.8) is 0 Å². The molecule has 0 aliphatic carbocycles. The van der Waals surface area contributed by atoms with Crippen molar-refractivity contribution < 1.29 is 13.6 Å². The fourth-order valence-corrected chi connectivity index (χ4v) is 3.04. The maximum Gasteiger partial charge on any atom is 0.227 e. The van der Waals surface area contributed by atoms with E-state index in [9.17, 15) is 13.6 Å². The first kappa shape index (κ1) is 16.4. The van der Waals surface area contributed by atoms with E-state index >= 15 is 0 Å². The van der Waals surface area contributed by atoms with Gasteiger partial charge < -0.3 is 9.80 Å². The van der Waals surface area contributed by atoms with Crippen LogP contribution in [-0.2, 0) is 11.2 Å². The monoisotopic (exact) mass is 330 g/mol. The average Bonchev–Trinajstić information content (AvgIpc) is 2.55. The van der Waals surface area contributed by atoms with Gasteiger partial charge >= 0.3 is 0 Å². The van der Waals surface area contributed by atoms with E-state index < -0.39 is 11.6 Å². The lowest BCUT2D eigenvalue weighted by atomic mass is 10.1. The number of anilines is 1. The van der Waals surface area contributed by atoms with Gasteiger partial charge in [0.1, 0.15) is 11.6 Å². The van der Waals surface area contributed by atoms with Crippen LogP contribution in [0.1, 0.15) is 11.1 Å². The molecule has 1 aliphatic heterocycles. The Bertz CT molecular complexity index is 740. The van der Waals surface area contributed by atoms with Gasteiger partial charge in [0.2, 0.25) is 5.91 Å². The molecule has 0 unspecified atom stereocenters. The molecular weight excluding hydrogens is 310 g/mol. The van der Waals surface area contributed by atoms with Gasteiger partial charge in [0, 0.05) is 32.2 Å². The topological polar surface area (TPSA) is 23.6 Å². The fraction of sp³-hybridized carbons (Fsp3) is 0.316. The van der Waals surface area contributed by atoms with Crippen LogP contribution in [0.4, 0.5) is 14.5 Å². The zero-order chi connectivity index (χ0) is 17.1. The largest absolute Gasteiger partial charge is 0.366 e. The van der Waals surface area contributed by atoms with Gasteiger partial charge in [0.25, 0.3) is 0 Å². The quantitative estimate of drug-likeness (QED) is 0.863. The molecule has 0 aromatic heterocycles. The van der Waals surface area contributed by atoms with Crippen molar-refractivity contribution in [1.29, 1.82) is 0 Å². The minimum absolute atomic E-state index is 0.0832. The molecule has 2 aromatic rings. The minimum Gasteiger partial charge on any atom is -0.366 e. The first-order valence-electron chi connectivity index (χ1n) is 8.06. The summed E-state index contributed by atoms with van der Waals surface area (Å²) in [6.07, 6.45) is 0.382. The van der Waals surface area contributed by atoms with Crippen LogP contribution in [0.15, 0.2) is 42.5 Å². The van der Waals surface area contributed by atoms with E-state index in [4.69, 9.17) is 0 Å². The Morgan fingerprint density at radius 1 is 1.04 bits per heavy atom. The van der Waals surface area contributed by atoms with Gasteiger partial charge in [0.05, 0.1) is 12.1 Å². The molecule has 5 heteroatoms. The molecule has 1 heterocycles. The van der Waals surface area contributed by atoms with Gasteiger partial charge in [-0.3, -0.25) is 4.79 Å². The summed E-state index contributed by atoms with van der Waals surface area (Å²) in [5.41, 5.74) is 2.53. The number of piperazine rings is 1. The molecule has 0 atom stereocenters.